The smallest absolute Gasteiger partial charge is 0.370 e. The fourth-order valence-corrected chi connectivity index (χ4v) is 4.60. The molecule has 21 heavy (non-hydrogen) atoms. The first kappa shape index (κ1) is 18.4. The highest BCUT2D eigenvalue weighted by Gasteiger charge is 2.43. The molecule has 0 aliphatic heterocycles. The Morgan fingerprint density at radius 1 is 0.857 bits per heavy atom. The van der Waals surface area contributed by atoms with Crippen LogP contribution in [-0.2, 0) is 13.3 Å². The van der Waals surface area contributed by atoms with Crippen LogP contribution in [0.25, 0.3) is 0 Å². The Kier molecular flexibility index (Phi) is 8.84. The summed E-state index contributed by atoms with van der Waals surface area (Å²) in [6.07, 6.45) is 2.95. The van der Waals surface area contributed by atoms with Crippen molar-refractivity contribution in [2.24, 2.45) is 5.92 Å². The molecule has 0 heterocycles. The number of hydrogen-bond acceptors (Lipinski definition) is 3. The molecule has 0 bridgehead atoms. The predicted octanol–water partition coefficient (Wildman–Crippen LogP) is 3.75. The van der Waals surface area contributed by atoms with Crippen molar-refractivity contribution in [2.45, 2.75) is 47.0 Å². The molecule has 0 atom stereocenters. The first-order chi connectivity index (χ1) is 10.1. The molecule has 0 saturated heterocycles. The van der Waals surface area contributed by atoms with Crippen molar-refractivity contribution in [2.75, 3.05) is 19.8 Å². The zero-order valence-electron chi connectivity index (χ0n) is 13.9. The summed E-state index contributed by atoms with van der Waals surface area (Å²) in [6, 6.07) is 10.2. The van der Waals surface area contributed by atoms with Gasteiger partial charge in [0.25, 0.3) is 0 Å². The van der Waals surface area contributed by atoms with Gasteiger partial charge in [0.15, 0.2) is 0 Å². The van der Waals surface area contributed by atoms with Crippen LogP contribution in [0.3, 0.4) is 0 Å². The highest BCUT2D eigenvalue weighted by atomic mass is 28.4. The maximum atomic E-state index is 6.23. The third-order valence-electron chi connectivity index (χ3n) is 3.11. The van der Waals surface area contributed by atoms with Crippen LogP contribution in [0.1, 0.15) is 47.0 Å². The van der Waals surface area contributed by atoms with E-state index in [1.54, 1.807) is 0 Å². The third-order valence-corrected chi connectivity index (χ3v) is 5.90. The normalized spacial score (nSPS) is 12.0. The summed E-state index contributed by atoms with van der Waals surface area (Å²) >= 11 is 0. The minimum Gasteiger partial charge on any atom is -0.370 e. The largest absolute Gasteiger partial charge is 0.537 e. The average molecular weight is 311 g/mol. The van der Waals surface area contributed by atoms with E-state index in [2.05, 4.69) is 39.8 Å². The van der Waals surface area contributed by atoms with E-state index in [1.807, 2.05) is 18.2 Å². The SMILES string of the molecule is CCCO[Si](OCCC)(OCCC(C)C)c1ccccc1. The molecular weight excluding hydrogens is 280 g/mol. The molecule has 1 rings (SSSR count). The highest BCUT2D eigenvalue weighted by Crippen LogP contribution is 2.14. The molecule has 0 radical (unpaired) electrons. The molecule has 0 saturated carbocycles. The van der Waals surface area contributed by atoms with E-state index in [9.17, 15) is 0 Å². The van der Waals surface area contributed by atoms with Crippen molar-refractivity contribution in [3.05, 3.63) is 30.3 Å². The van der Waals surface area contributed by atoms with E-state index >= 15 is 0 Å². The van der Waals surface area contributed by atoms with Gasteiger partial charge in [-0.25, -0.2) is 0 Å². The van der Waals surface area contributed by atoms with Crippen LogP contribution < -0.4 is 5.19 Å². The van der Waals surface area contributed by atoms with E-state index in [4.69, 9.17) is 13.3 Å². The Morgan fingerprint density at radius 3 is 1.86 bits per heavy atom. The van der Waals surface area contributed by atoms with Crippen LogP contribution in [0.15, 0.2) is 30.3 Å². The minimum absolute atomic E-state index is 0.616. The summed E-state index contributed by atoms with van der Waals surface area (Å²) in [5.41, 5.74) is 0. The molecule has 3 nitrogen and oxygen atoms in total. The second-order valence-electron chi connectivity index (χ2n) is 5.65. The van der Waals surface area contributed by atoms with Crippen LogP contribution in [0.4, 0.5) is 0 Å². The lowest BCUT2D eigenvalue weighted by Crippen LogP contribution is -2.57. The first-order valence-electron chi connectivity index (χ1n) is 8.12. The first-order valence-corrected chi connectivity index (χ1v) is 9.84. The van der Waals surface area contributed by atoms with Gasteiger partial charge >= 0.3 is 8.80 Å². The summed E-state index contributed by atoms with van der Waals surface area (Å²) in [5, 5.41) is 1.07. The average Bonchev–Trinajstić information content (AvgIpc) is 2.50. The van der Waals surface area contributed by atoms with Gasteiger partial charge in [-0.3, -0.25) is 0 Å². The molecule has 4 heteroatoms. The molecule has 0 unspecified atom stereocenters. The second kappa shape index (κ2) is 10.1. The second-order valence-corrected chi connectivity index (χ2v) is 8.21. The molecule has 0 spiro atoms. The maximum absolute atomic E-state index is 6.23. The van der Waals surface area contributed by atoms with Crippen LogP contribution >= 0.6 is 0 Å². The molecule has 120 valence electrons. The van der Waals surface area contributed by atoms with Gasteiger partial charge in [-0.05, 0) is 25.2 Å². The Balaban J connectivity index is 2.90. The van der Waals surface area contributed by atoms with Gasteiger partial charge in [0.1, 0.15) is 0 Å². The van der Waals surface area contributed by atoms with Crippen molar-refractivity contribution in [1.29, 1.82) is 0 Å². The molecular formula is C17H30O3Si. The molecule has 0 aliphatic carbocycles. The number of benzene rings is 1. The highest BCUT2D eigenvalue weighted by molar-refractivity contribution is 6.75. The van der Waals surface area contributed by atoms with Gasteiger partial charge < -0.3 is 13.3 Å². The van der Waals surface area contributed by atoms with E-state index in [-0.39, 0.29) is 0 Å². The van der Waals surface area contributed by atoms with E-state index in [1.165, 1.54) is 0 Å². The van der Waals surface area contributed by atoms with Gasteiger partial charge in [-0.15, -0.1) is 0 Å². The van der Waals surface area contributed by atoms with E-state index in [0.29, 0.717) is 25.7 Å². The maximum Gasteiger partial charge on any atom is 0.537 e. The summed E-state index contributed by atoms with van der Waals surface area (Å²) in [5.74, 6) is 0.616. The minimum atomic E-state index is -2.78. The Labute approximate surface area is 131 Å². The molecule has 0 aromatic heterocycles. The molecule has 1 aromatic carbocycles. The lowest BCUT2D eigenvalue weighted by molar-refractivity contribution is 0.0698. The zero-order valence-corrected chi connectivity index (χ0v) is 14.9. The fraction of sp³-hybridized carbons (Fsp3) is 0.647. The van der Waals surface area contributed by atoms with Crippen LogP contribution in [0.2, 0.25) is 0 Å². The molecule has 0 fully saturated rings. The van der Waals surface area contributed by atoms with Gasteiger partial charge in [-0.2, -0.15) is 0 Å². The van der Waals surface area contributed by atoms with Crippen LogP contribution in [0.5, 0.6) is 0 Å². The predicted molar refractivity (Wildman–Crippen MR) is 89.7 cm³/mol. The summed E-state index contributed by atoms with van der Waals surface area (Å²) in [4.78, 5) is 0. The standard InChI is InChI=1S/C17H30O3Si/c1-5-13-18-21(19-14-6-2,20-15-12-16(3)4)17-10-8-7-9-11-17/h7-11,16H,5-6,12-15H2,1-4H3. The van der Waals surface area contributed by atoms with Crippen LogP contribution in [0, 0.1) is 5.92 Å². The van der Waals surface area contributed by atoms with Crippen molar-refractivity contribution in [3.8, 4) is 0 Å². The Bertz CT molecular complexity index is 360. The lowest BCUT2D eigenvalue weighted by atomic mass is 10.2. The zero-order chi connectivity index (χ0) is 15.6. The Hall–Kier alpha value is -0.683. The van der Waals surface area contributed by atoms with E-state index < -0.39 is 8.80 Å². The van der Waals surface area contributed by atoms with Crippen molar-refractivity contribution >= 4 is 14.0 Å². The number of hydrogen-bond donors (Lipinski definition) is 0. The molecule has 0 aliphatic rings. The van der Waals surface area contributed by atoms with Gasteiger partial charge in [0.2, 0.25) is 0 Å². The topological polar surface area (TPSA) is 27.7 Å². The monoisotopic (exact) mass is 310 g/mol. The number of rotatable bonds is 11. The fourth-order valence-electron chi connectivity index (χ4n) is 1.92. The van der Waals surface area contributed by atoms with Crippen LogP contribution in [-0.4, -0.2) is 28.6 Å². The van der Waals surface area contributed by atoms with Gasteiger partial charge in [0, 0.05) is 25.0 Å². The summed E-state index contributed by atoms with van der Waals surface area (Å²) in [7, 11) is -2.78. The molecule has 1 aromatic rings. The van der Waals surface area contributed by atoms with Gasteiger partial charge in [-0.1, -0.05) is 58.0 Å². The molecule has 0 amide bonds. The lowest BCUT2D eigenvalue weighted by Gasteiger charge is -2.30. The van der Waals surface area contributed by atoms with E-state index in [0.717, 1.165) is 24.4 Å². The summed E-state index contributed by atoms with van der Waals surface area (Å²) in [6.45, 7) is 10.7. The van der Waals surface area contributed by atoms with Crippen molar-refractivity contribution < 1.29 is 13.3 Å². The summed E-state index contributed by atoms with van der Waals surface area (Å²) < 4.78 is 18.5. The van der Waals surface area contributed by atoms with Crippen molar-refractivity contribution in [1.82, 2.24) is 0 Å². The Morgan fingerprint density at radius 2 is 1.38 bits per heavy atom. The molecule has 0 N–H and O–H groups in total. The quantitative estimate of drug-likeness (QED) is 0.583. The van der Waals surface area contributed by atoms with Gasteiger partial charge in [0.05, 0.1) is 0 Å². The van der Waals surface area contributed by atoms with Crippen molar-refractivity contribution in [3.63, 3.8) is 0 Å². The third kappa shape index (κ3) is 6.30.